The zero-order valence-corrected chi connectivity index (χ0v) is 11.7. The molecule has 0 spiro atoms. The van der Waals surface area contributed by atoms with Crippen LogP contribution in [0.15, 0.2) is 18.2 Å². The fourth-order valence-electron chi connectivity index (χ4n) is 1.20. The Morgan fingerprint density at radius 1 is 1.15 bits per heavy atom. The van der Waals surface area contributed by atoms with Crippen LogP contribution in [0.2, 0.25) is 0 Å². The molecule has 0 aliphatic carbocycles. The molecule has 0 unspecified atom stereocenters. The van der Waals surface area contributed by atoms with Crippen molar-refractivity contribution in [2.75, 3.05) is 0 Å². The third-order valence-corrected chi connectivity index (χ3v) is 1.49. The first-order chi connectivity index (χ1) is 5.58. The SMILES string of the molecule is CC(=O)[N-]c1cc(C)cc(C)c1.[K+]. The van der Waals surface area contributed by atoms with Crippen molar-refractivity contribution in [3.05, 3.63) is 34.6 Å². The van der Waals surface area contributed by atoms with E-state index in [4.69, 9.17) is 0 Å². The third-order valence-electron chi connectivity index (χ3n) is 1.49. The van der Waals surface area contributed by atoms with Crippen molar-refractivity contribution in [3.63, 3.8) is 0 Å². The molecule has 0 aliphatic rings. The number of benzene rings is 1. The Morgan fingerprint density at radius 3 is 2.00 bits per heavy atom. The van der Waals surface area contributed by atoms with E-state index in [1.54, 1.807) is 0 Å². The van der Waals surface area contributed by atoms with Crippen LogP contribution >= 0.6 is 0 Å². The first-order valence-electron chi connectivity index (χ1n) is 3.88. The smallest absolute Gasteiger partial charge is 0.627 e. The van der Waals surface area contributed by atoms with Crippen LogP contribution in [0.3, 0.4) is 0 Å². The summed E-state index contributed by atoms with van der Waals surface area (Å²) in [5.41, 5.74) is 3.02. The van der Waals surface area contributed by atoms with Gasteiger partial charge in [0.1, 0.15) is 0 Å². The molecule has 0 saturated carbocycles. The number of amides is 1. The molecular formula is C10H12KNO. The molecule has 1 aromatic carbocycles. The van der Waals surface area contributed by atoms with E-state index in [-0.39, 0.29) is 57.3 Å². The van der Waals surface area contributed by atoms with Gasteiger partial charge in [-0.2, -0.15) is 0 Å². The fourth-order valence-corrected chi connectivity index (χ4v) is 1.20. The second kappa shape index (κ2) is 5.93. The molecule has 0 aromatic heterocycles. The third kappa shape index (κ3) is 4.93. The van der Waals surface area contributed by atoms with E-state index >= 15 is 0 Å². The molecule has 2 nitrogen and oxygen atoms in total. The minimum atomic E-state index is -0.153. The van der Waals surface area contributed by atoms with E-state index in [9.17, 15) is 4.79 Å². The molecule has 0 bridgehead atoms. The van der Waals surface area contributed by atoms with Crippen LogP contribution in [0.5, 0.6) is 0 Å². The molecule has 0 N–H and O–H groups in total. The molecular weight excluding hydrogens is 189 g/mol. The van der Waals surface area contributed by atoms with Gasteiger partial charge in [0.15, 0.2) is 0 Å². The molecule has 0 aliphatic heterocycles. The molecule has 13 heavy (non-hydrogen) atoms. The Hall–Kier alpha value is 0.326. The van der Waals surface area contributed by atoms with E-state index in [1.807, 2.05) is 26.0 Å². The van der Waals surface area contributed by atoms with Gasteiger partial charge in [0.25, 0.3) is 0 Å². The number of carbonyl (C=O) groups is 1. The van der Waals surface area contributed by atoms with Crippen molar-refractivity contribution >= 4 is 11.6 Å². The van der Waals surface area contributed by atoms with Crippen molar-refractivity contribution in [2.24, 2.45) is 0 Å². The normalized spacial score (nSPS) is 8.85. The van der Waals surface area contributed by atoms with E-state index in [2.05, 4.69) is 11.4 Å². The quantitative estimate of drug-likeness (QED) is 0.582. The van der Waals surface area contributed by atoms with Crippen LogP contribution in [-0.2, 0) is 4.79 Å². The average Bonchev–Trinajstić information content (AvgIpc) is 1.81. The standard InChI is InChI=1S/C10H13NO.K/c1-7-4-8(2)6-10(5-7)11-9(3)12;/h4-6H,1-3H3,(H,11,12);/q;+1/p-1. The van der Waals surface area contributed by atoms with Gasteiger partial charge in [-0.3, -0.25) is 0 Å². The van der Waals surface area contributed by atoms with Gasteiger partial charge < -0.3 is 10.1 Å². The van der Waals surface area contributed by atoms with E-state index < -0.39 is 0 Å². The summed E-state index contributed by atoms with van der Waals surface area (Å²) in [6.07, 6.45) is 0. The average molecular weight is 201 g/mol. The summed E-state index contributed by atoms with van der Waals surface area (Å²) in [5, 5.41) is 3.84. The van der Waals surface area contributed by atoms with E-state index in [0.717, 1.165) is 16.8 Å². The molecule has 0 saturated heterocycles. The number of hydrogen-bond donors (Lipinski definition) is 0. The van der Waals surface area contributed by atoms with Gasteiger partial charge in [-0.15, -0.1) is 5.69 Å². The first kappa shape index (κ1) is 13.3. The number of hydrogen-bond acceptors (Lipinski definition) is 1. The van der Waals surface area contributed by atoms with Gasteiger partial charge in [0.2, 0.25) is 0 Å². The minimum Gasteiger partial charge on any atom is -0.627 e. The largest absolute Gasteiger partial charge is 1.00 e. The maximum absolute atomic E-state index is 10.7. The second-order valence-corrected chi connectivity index (χ2v) is 2.98. The van der Waals surface area contributed by atoms with Crippen molar-refractivity contribution in [1.29, 1.82) is 0 Å². The summed E-state index contributed by atoms with van der Waals surface area (Å²) in [6, 6.07) is 5.85. The number of nitrogens with zero attached hydrogens (tertiary/aromatic N) is 1. The topological polar surface area (TPSA) is 31.2 Å². The summed E-state index contributed by atoms with van der Waals surface area (Å²) in [5.74, 6) is -0.153. The summed E-state index contributed by atoms with van der Waals surface area (Å²) in [6.45, 7) is 5.44. The molecule has 1 rings (SSSR count). The fraction of sp³-hybridized carbons (Fsp3) is 0.300. The molecule has 0 heterocycles. The Morgan fingerprint density at radius 2 is 1.62 bits per heavy atom. The minimum absolute atomic E-state index is 0. The summed E-state index contributed by atoms with van der Waals surface area (Å²) in [4.78, 5) is 10.7. The maximum atomic E-state index is 10.7. The van der Waals surface area contributed by atoms with Crippen LogP contribution in [-0.4, -0.2) is 5.91 Å². The molecule has 0 fully saturated rings. The van der Waals surface area contributed by atoms with Gasteiger partial charge in [-0.1, -0.05) is 29.3 Å². The van der Waals surface area contributed by atoms with Gasteiger partial charge >= 0.3 is 51.4 Å². The summed E-state index contributed by atoms with van der Waals surface area (Å²) in [7, 11) is 0. The molecule has 3 heteroatoms. The summed E-state index contributed by atoms with van der Waals surface area (Å²) >= 11 is 0. The van der Waals surface area contributed by atoms with Crippen molar-refractivity contribution in [3.8, 4) is 0 Å². The molecule has 64 valence electrons. The van der Waals surface area contributed by atoms with Gasteiger partial charge in [0, 0.05) is 0 Å². The monoisotopic (exact) mass is 201 g/mol. The van der Waals surface area contributed by atoms with Gasteiger partial charge in [0.05, 0.1) is 5.91 Å². The van der Waals surface area contributed by atoms with Crippen LogP contribution in [0.1, 0.15) is 18.1 Å². The van der Waals surface area contributed by atoms with Crippen LogP contribution in [0.25, 0.3) is 5.32 Å². The van der Waals surface area contributed by atoms with Gasteiger partial charge in [-0.05, 0) is 20.8 Å². The Bertz CT molecular complexity index is 290. The van der Waals surface area contributed by atoms with E-state index in [0.29, 0.717) is 0 Å². The van der Waals surface area contributed by atoms with Crippen molar-refractivity contribution in [1.82, 2.24) is 0 Å². The van der Waals surface area contributed by atoms with Crippen LogP contribution in [0.4, 0.5) is 5.69 Å². The molecule has 1 amide bonds. The zero-order chi connectivity index (χ0) is 9.14. The molecule has 0 atom stereocenters. The first-order valence-corrected chi connectivity index (χ1v) is 3.88. The predicted octanol–water partition coefficient (Wildman–Crippen LogP) is -0.141. The zero-order valence-electron chi connectivity index (χ0n) is 8.59. The van der Waals surface area contributed by atoms with Gasteiger partial charge in [-0.25, -0.2) is 0 Å². The Kier molecular flexibility index (Phi) is 6.08. The van der Waals surface area contributed by atoms with Crippen molar-refractivity contribution < 1.29 is 56.2 Å². The van der Waals surface area contributed by atoms with Crippen LogP contribution in [0, 0.1) is 13.8 Å². The second-order valence-electron chi connectivity index (χ2n) is 2.98. The van der Waals surface area contributed by atoms with Crippen LogP contribution < -0.4 is 51.4 Å². The number of carbonyl (C=O) groups excluding carboxylic acids is 1. The molecule has 1 aromatic rings. The maximum Gasteiger partial charge on any atom is 1.00 e. The number of aryl methyl sites for hydroxylation is 2. The molecule has 0 radical (unpaired) electrons. The number of rotatable bonds is 1. The Balaban J connectivity index is 0.00000144. The van der Waals surface area contributed by atoms with Crippen molar-refractivity contribution in [2.45, 2.75) is 20.8 Å². The summed E-state index contributed by atoms with van der Waals surface area (Å²) < 4.78 is 0. The Labute approximate surface area is 122 Å². The van der Waals surface area contributed by atoms with E-state index in [1.165, 1.54) is 6.92 Å². The predicted molar refractivity (Wildman–Crippen MR) is 49.6 cm³/mol.